The van der Waals surface area contributed by atoms with E-state index in [1.807, 2.05) is 24.3 Å². The molecule has 1 aromatic heterocycles. The molecule has 1 N–H and O–H groups in total. The van der Waals surface area contributed by atoms with Gasteiger partial charge in [0.15, 0.2) is 0 Å². The third kappa shape index (κ3) is 4.28. The zero-order valence-electron chi connectivity index (χ0n) is 15.2. The molecule has 6 heteroatoms. The van der Waals surface area contributed by atoms with Crippen LogP contribution in [-0.2, 0) is 20.8 Å². The molecule has 0 fully saturated rings. The summed E-state index contributed by atoms with van der Waals surface area (Å²) in [4.78, 5) is 23.0. The summed E-state index contributed by atoms with van der Waals surface area (Å²) in [5.74, 6) is -0.475. The maximum atomic E-state index is 11.8. The number of fused-ring (bicyclic) bond motifs is 3. The first-order valence-corrected chi connectivity index (χ1v) is 8.77. The molecule has 0 saturated carbocycles. The summed E-state index contributed by atoms with van der Waals surface area (Å²) in [5.41, 5.74) is 2.53. The maximum Gasteiger partial charge on any atom is 0.407 e. The zero-order chi connectivity index (χ0) is 19.2. The second kappa shape index (κ2) is 8.40. The molecule has 0 aliphatic carbocycles. The fourth-order valence-corrected chi connectivity index (χ4v) is 2.94. The lowest BCUT2D eigenvalue weighted by molar-refractivity contribution is -0.138. The highest BCUT2D eigenvalue weighted by atomic mass is 16.6. The van der Waals surface area contributed by atoms with Crippen LogP contribution in [0.2, 0.25) is 0 Å². The van der Waals surface area contributed by atoms with Gasteiger partial charge in [-0.1, -0.05) is 43.0 Å². The van der Waals surface area contributed by atoms with Crippen LogP contribution in [0.4, 0.5) is 4.79 Å². The van der Waals surface area contributed by atoms with Gasteiger partial charge in [-0.15, -0.1) is 0 Å². The molecule has 6 nitrogen and oxygen atoms in total. The monoisotopic (exact) mass is 366 g/mol. The minimum Gasteiger partial charge on any atom is -0.460 e. The van der Waals surface area contributed by atoms with E-state index in [0.717, 1.165) is 11.0 Å². The Kier molecular flexibility index (Phi) is 5.76. The van der Waals surface area contributed by atoms with Crippen molar-refractivity contribution >= 4 is 33.9 Å². The van der Waals surface area contributed by atoms with Crippen LogP contribution >= 0.6 is 0 Å². The van der Waals surface area contributed by atoms with E-state index in [1.165, 1.54) is 10.8 Å². The van der Waals surface area contributed by atoms with Crippen LogP contribution in [0.15, 0.2) is 60.7 Å². The van der Waals surface area contributed by atoms with Crippen molar-refractivity contribution in [2.45, 2.75) is 13.5 Å². The van der Waals surface area contributed by atoms with Gasteiger partial charge in [-0.25, -0.2) is 9.59 Å². The molecule has 0 radical (unpaired) electrons. The van der Waals surface area contributed by atoms with Crippen molar-refractivity contribution in [1.82, 2.24) is 9.88 Å². The van der Waals surface area contributed by atoms with Gasteiger partial charge in [0.2, 0.25) is 0 Å². The topological polar surface area (TPSA) is 69.6 Å². The predicted molar refractivity (Wildman–Crippen MR) is 105 cm³/mol. The fourth-order valence-electron chi connectivity index (χ4n) is 2.94. The lowest BCUT2D eigenvalue weighted by Crippen LogP contribution is -2.29. The Labute approximate surface area is 157 Å². The van der Waals surface area contributed by atoms with Gasteiger partial charge in [-0.3, -0.25) is 0 Å². The predicted octanol–water partition coefficient (Wildman–Crippen LogP) is 3.64. The molecule has 1 amide bonds. The van der Waals surface area contributed by atoms with Gasteiger partial charge in [0.1, 0.15) is 13.2 Å². The number of alkyl carbamates (subject to hydrolysis) is 1. The summed E-state index contributed by atoms with van der Waals surface area (Å²) in [6.45, 7) is 6.10. The lowest BCUT2D eigenvalue weighted by Gasteiger charge is -2.10. The van der Waals surface area contributed by atoms with E-state index >= 15 is 0 Å². The van der Waals surface area contributed by atoms with Gasteiger partial charge < -0.3 is 19.4 Å². The summed E-state index contributed by atoms with van der Waals surface area (Å²) < 4.78 is 12.3. The SMILES string of the molecule is C=C(C)C(=O)OCCNC(=O)OCCn1c2ccccc2c2ccccc21. The van der Waals surface area contributed by atoms with Gasteiger partial charge in [0.05, 0.1) is 13.1 Å². The fraction of sp³-hybridized carbons (Fsp3) is 0.238. The van der Waals surface area contributed by atoms with Crippen LogP contribution in [0.25, 0.3) is 21.8 Å². The Morgan fingerprint density at radius 1 is 0.963 bits per heavy atom. The highest BCUT2D eigenvalue weighted by molar-refractivity contribution is 6.07. The van der Waals surface area contributed by atoms with Crippen LogP contribution in [0.5, 0.6) is 0 Å². The molecule has 0 aliphatic rings. The minimum atomic E-state index is -0.540. The largest absolute Gasteiger partial charge is 0.460 e. The van der Waals surface area contributed by atoms with E-state index in [9.17, 15) is 9.59 Å². The molecular formula is C21H22N2O4. The zero-order valence-corrected chi connectivity index (χ0v) is 15.2. The Hall–Kier alpha value is -3.28. The van der Waals surface area contributed by atoms with Crippen LogP contribution in [0, 0.1) is 0 Å². The first kappa shape index (κ1) is 18.5. The van der Waals surface area contributed by atoms with Crippen LogP contribution in [-0.4, -0.2) is 36.4 Å². The van der Waals surface area contributed by atoms with Crippen molar-refractivity contribution in [2.24, 2.45) is 0 Å². The van der Waals surface area contributed by atoms with E-state index in [1.54, 1.807) is 6.92 Å². The Morgan fingerprint density at radius 2 is 1.56 bits per heavy atom. The summed E-state index contributed by atoms with van der Waals surface area (Å²) in [7, 11) is 0. The van der Waals surface area contributed by atoms with Crippen molar-refractivity contribution in [1.29, 1.82) is 0 Å². The molecule has 140 valence electrons. The molecule has 0 atom stereocenters. The van der Waals surface area contributed by atoms with Gasteiger partial charge in [-0.2, -0.15) is 0 Å². The highest BCUT2D eigenvalue weighted by Gasteiger charge is 2.10. The maximum absolute atomic E-state index is 11.8. The van der Waals surface area contributed by atoms with E-state index in [2.05, 4.69) is 40.7 Å². The first-order valence-electron chi connectivity index (χ1n) is 8.77. The molecule has 3 aromatic rings. The minimum absolute atomic E-state index is 0.0771. The van der Waals surface area contributed by atoms with Crippen LogP contribution < -0.4 is 5.32 Å². The van der Waals surface area contributed by atoms with Crippen molar-refractivity contribution in [3.8, 4) is 0 Å². The van der Waals surface area contributed by atoms with E-state index in [0.29, 0.717) is 12.1 Å². The normalized spacial score (nSPS) is 10.7. The number of rotatable bonds is 7. The number of carbonyl (C=O) groups excluding carboxylic acids is 2. The first-order chi connectivity index (χ1) is 13.1. The number of hydrogen-bond donors (Lipinski definition) is 1. The number of esters is 1. The summed E-state index contributed by atoms with van der Waals surface area (Å²) in [5, 5.41) is 4.91. The number of hydrogen-bond acceptors (Lipinski definition) is 4. The van der Waals surface area contributed by atoms with Crippen molar-refractivity contribution in [2.75, 3.05) is 19.8 Å². The van der Waals surface area contributed by atoms with Crippen LogP contribution in [0.3, 0.4) is 0 Å². The average Bonchev–Trinajstić information content (AvgIpc) is 2.99. The second-order valence-corrected chi connectivity index (χ2v) is 6.16. The lowest BCUT2D eigenvalue weighted by atomic mass is 10.2. The van der Waals surface area contributed by atoms with Gasteiger partial charge in [0.25, 0.3) is 0 Å². The number of carbonyl (C=O) groups is 2. The second-order valence-electron chi connectivity index (χ2n) is 6.16. The summed E-state index contributed by atoms with van der Waals surface area (Å²) >= 11 is 0. The van der Waals surface area contributed by atoms with Crippen molar-refractivity contribution in [3.63, 3.8) is 0 Å². The molecule has 27 heavy (non-hydrogen) atoms. The number of aromatic nitrogens is 1. The molecule has 0 unspecified atom stereocenters. The Morgan fingerprint density at radius 3 is 2.15 bits per heavy atom. The third-order valence-corrected chi connectivity index (χ3v) is 4.18. The number of amides is 1. The number of ether oxygens (including phenoxy) is 2. The molecule has 0 spiro atoms. The number of benzene rings is 2. The number of nitrogens with zero attached hydrogens (tertiary/aromatic N) is 1. The van der Waals surface area contributed by atoms with E-state index < -0.39 is 12.1 Å². The van der Waals surface area contributed by atoms with Crippen molar-refractivity contribution in [3.05, 3.63) is 60.7 Å². The molecule has 0 bridgehead atoms. The summed E-state index contributed by atoms with van der Waals surface area (Å²) in [6, 6.07) is 16.3. The van der Waals surface area contributed by atoms with Gasteiger partial charge in [0, 0.05) is 27.4 Å². The van der Waals surface area contributed by atoms with Crippen molar-refractivity contribution < 1.29 is 19.1 Å². The Bertz CT molecular complexity index is 937. The van der Waals surface area contributed by atoms with Crippen LogP contribution in [0.1, 0.15) is 6.92 Å². The molecule has 2 aromatic carbocycles. The molecule has 0 saturated heterocycles. The number of para-hydroxylation sites is 2. The standard InChI is InChI=1S/C21H22N2O4/c1-15(2)20(24)26-13-11-22-21(25)27-14-12-23-18-9-5-3-7-16(18)17-8-4-6-10-19(17)23/h3-10H,1,11-14H2,2H3,(H,22,25). The molecule has 3 rings (SSSR count). The molecular weight excluding hydrogens is 344 g/mol. The number of nitrogens with one attached hydrogen (secondary N) is 1. The average molecular weight is 366 g/mol. The quantitative estimate of drug-likeness (QED) is 0.394. The third-order valence-electron chi connectivity index (χ3n) is 4.18. The Balaban J connectivity index is 1.54. The van der Waals surface area contributed by atoms with Gasteiger partial charge in [-0.05, 0) is 19.1 Å². The highest BCUT2D eigenvalue weighted by Crippen LogP contribution is 2.28. The van der Waals surface area contributed by atoms with E-state index in [4.69, 9.17) is 9.47 Å². The summed E-state index contributed by atoms with van der Waals surface area (Å²) in [6.07, 6.45) is -0.540. The molecule has 0 aliphatic heterocycles. The van der Waals surface area contributed by atoms with E-state index in [-0.39, 0.29) is 19.8 Å². The smallest absolute Gasteiger partial charge is 0.407 e. The van der Waals surface area contributed by atoms with Gasteiger partial charge >= 0.3 is 12.1 Å². The molecule has 1 heterocycles.